The van der Waals surface area contributed by atoms with Crippen LogP contribution in [-0.2, 0) is 14.3 Å². The van der Waals surface area contributed by atoms with Gasteiger partial charge in [0.25, 0.3) is 0 Å². The Morgan fingerprint density at radius 2 is 1.46 bits per heavy atom. The second-order valence-electron chi connectivity index (χ2n) is 9.02. The zero-order chi connectivity index (χ0) is 25.6. The van der Waals surface area contributed by atoms with Gasteiger partial charge in [-0.3, -0.25) is 15.0 Å². The van der Waals surface area contributed by atoms with Gasteiger partial charge < -0.3 is 14.9 Å². The fourth-order valence-corrected chi connectivity index (χ4v) is 6.19. The molecule has 2 aromatic carbocycles. The SMILES string of the molecule is CC(C)(C)OC(=O)N1C(C(=O)O)CS[C@@H]1c1ccccc1.O=C(O)C1CSC(c2ccccc2)N1. The molecule has 2 aliphatic rings. The summed E-state index contributed by atoms with van der Waals surface area (Å²) in [6, 6.07) is 18.0. The number of carboxylic acid groups (broad SMARTS) is 2. The first-order valence-corrected chi connectivity index (χ1v) is 13.2. The number of rotatable bonds is 4. The maximum absolute atomic E-state index is 12.4. The van der Waals surface area contributed by atoms with Crippen LogP contribution in [0.2, 0.25) is 0 Å². The highest BCUT2D eigenvalue weighted by molar-refractivity contribution is 8.00. The van der Waals surface area contributed by atoms with E-state index in [0.717, 1.165) is 11.1 Å². The summed E-state index contributed by atoms with van der Waals surface area (Å²) in [5.41, 5.74) is 1.38. The Labute approximate surface area is 213 Å². The molecule has 0 aliphatic carbocycles. The zero-order valence-electron chi connectivity index (χ0n) is 19.8. The second-order valence-corrected chi connectivity index (χ2v) is 11.3. The minimum absolute atomic E-state index is 0.123. The molecule has 35 heavy (non-hydrogen) atoms. The lowest BCUT2D eigenvalue weighted by Crippen LogP contribution is -2.45. The van der Waals surface area contributed by atoms with Crippen molar-refractivity contribution >= 4 is 41.6 Å². The van der Waals surface area contributed by atoms with Crippen molar-refractivity contribution in [3.63, 3.8) is 0 Å². The molecule has 10 heteroatoms. The molecule has 2 aromatic rings. The number of carbonyl (C=O) groups is 3. The predicted molar refractivity (Wildman–Crippen MR) is 137 cm³/mol. The number of thioether (sulfide) groups is 2. The number of aliphatic carboxylic acids is 2. The standard InChI is InChI=1S/C15H19NO4S.C10H11NO2S/c1-15(2,3)20-14(19)16-11(13(17)18)9-21-12(16)10-7-5-4-6-8-10;12-10(13)8-6-14-9(11-8)7-4-2-1-3-5-7/h4-8,11-12H,9H2,1-3H3,(H,17,18);1-5,8-9,11H,6H2,(H,12,13)/t11?,12-;/m1./s1. The summed E-state index contributed by atoms with van der Waals surface area (Å²) >= 11 is 3.08. The van der Waals surface area contributed by atoms with Crippen molar-refractivity contribution in [1.29, 1.82) is 0 Å². The van der Waals surface area contributed by atoms with Gasteiger partial charge in [0.05, 0.1) is 5.37 Å². The van der Waals surface area contributed by atoms with E-state index in [4.69, 9.17) is 9.84 Å². The first-order chi connectivity index (χ1) is 16.6. The number of ether oxygens (including phenoxy) is 1. The highest BCUT2D eigenvalue weighted by Crippen LogP contribution is 2.42. The number of amides is 1. The smallest absolute Gasteiger partial charge is 0.412 e. The molecule has 0 radical (unpaired) electrons. The quantitative estimate of drug-likeness (QED) is 0.534. The summed E-state index contributed by atoms with van der Waals surface area (Å²) in [6.45, 7) is 5.30. The molecule has 2 saturated heterocycles. The number of benzene rings is 2. The van der Waals surface area contributed by atoms with Gasteiger partial charge in [-0.1, -0.05) is 60.7 Å². The van der Waals surface area contributed by atoms with Crippen LogP contribution in [0.15, 0.2) is 60.7 Å². The number of nitrogens with zero attached hydrogens (tertiary/aromatic N) is 1. The fraction of sp³-hybridized carbons (Fsp3) is 0.400. The third-order valence-corrected chi connectivity index (χ3v) is 7.75. The van der Waals surface area contributed by atoms with E-state index in [1.807, 2.05) is 60.7 Å². The van der Waals surface area contributed by atoms with Gasteiger partial charge in [0.2, 0.25) is 0 Å². The van der Waals surface area contributed by atoms with Gasteiger partial charge in [-0.2, -0.15) is 0 Å². The third kappa shape index (κ3) is 7.39. The van der Waals surface area contributed by atoms with Crippen molar-refractivity contribution in [2.24, 2.45) is 0 Å². The summed E-state index contributed by atoms with van der Waals surface area (Å²) in [7, 11) is 0. The van der Waals surface area contributed by atoms with E-state index < -0.39 is 35.7 Å². The van der Waals surface area contributed by atoms with Gasteiger partial charge in [0.1, 0.15) is 23.1 Å². The second kappa shape index (κ2) is 11.8. The lowest BCUT2D eigenvalue weighted by atomic mass is 10.2. The average Bonchev–Trinajstić information content (AvgIpc) is 3.48. The molecule has 4 atom stereocenters. The largest absolute Gasteiger partial charge is 0.480 e. The number of carboxylic acids is 2. The van der Waals surface area contributed by atoms with Crippen LogP contribution >= 0.6 is 23.5 Å². The number of hydrogen-bond donors (Lipinski definition) is 3. The minimum Gasteiger partial charge on any atom is -0.480 e. The van der Waals surface area contributed by atoms with E-state index in [1.54, 1.807) is 32.5 Å². The molecule has 0 bridgehead atoms. The van der Waals surface area contributed by atoms with Crippen LogP contribution in [0.3, 0.4) is 0 Å². The topological polar surface area (TPSA) is 116 Å². The lowest BCUT2D eigenvalue weighted by molar-refractivity contribution is -0.142. The van der Waals surface area contributed by atoms with Crippen LogP contribution in [0.1, 0.15) is 42.6 Å². The van der Waals surface area contributed by atoms with Crippen LogP contribution in [0.25, 0.3) is 0 Å². The Hall–Kier alpha value is -2.69. The van der Waals surface area contributed by atoms with E-state index in [0.29, 0.717) is 11.5 Å². The highest BCUT2D eigenvalue weighted by Gasteiger charge is 2.44. The van der Waals surface area contributed by atoms with Crippen LogP contribution < -0.4 is 5.32 Å². The lowest BCUT2D eigenvalue weighted by Gasteiger charge is -2.30. The van der Waals surface area contributed by atoms with Crippen LogP contribution in [0.5, 0.6) is 0 Å². The van der Waals surface area contributed by atoms with Crippen molar-refractivity contribution in [2.45, 2.75) is 49.2 Å². The zero-order valence-corrected chi connectivity index (χ0v) is 21.4. The van der Waals surface area contributed by atoms with Crippen LogP contribution in [0.4, 0.5) is 4.79 Å². The van der Waals surface area contributed by atoms with Crippen LogP contribution in [0, 0.1) is 0 Å². The summed E-state index contributed by atoms with van der Waals surface area (Å²) in [5, 5.41) is 21.0. The van der Waals surface area contributed by atoms with Crippen molar-refractivity contribution in [2.75, 3.05) is 11.5 Å². The molecular formula is C25H30N2O6S2. The third-order valence-electron chi connectivity index (χ3n) is 5.16. The molecule has 2 aliphatic heterocycles. The van der Waals surface area contributed by atoms with Crippen molar-refractivity contribution in [3.05, 3.63) is 71.8 Å². The van der Waals surface area contributed by atoms with Crippen molar-refractivity contribution in [1.82, 2.24) is 10.2 Å². The Balaban J connectivity index is 0.000000211. The number of nitrogens with one attached hydrogen (secondary N) is 1. The van der Waals surface area contributed by atoms with Gasteiger partial charge >= 0.3 is 18.0 Å². The number of carbonyl (C=O) groups excluding carboxylic acids is 1. The molecule has 3 unspecified atom stereocenters. The van der Waals surface area contributed by atoms with Crippen molar-refractivity contribution in [3.8, 4) is 0 Å². The molecule has 0 aromatic heterocycles. The minimum atomic E-state index is -1.01. The molecule has 0 spiro atoms. The summed E-state index contributed by atoms with van der Waals surface area (Å²) in [4.78, 5) is 35.8. The molecule has 2 fully saturated rings. The van der Waals surface area contributed by atoms with Gasteiger partial charge in [-0.15, -0.1) is 23.5 Å². The van der Waals surface area contributed by atoms with Gasteiger partial charge in [0.15, 0.2) is 0 Å². The normalized spacial score (nSPS) is 23.8. The monoisotopic (exact) mass is 518 g/mol. The van der Waals surface area contributed by atoms with E-state index in [-0.39, 0.29) is 10.7 Å². The molecule has 8 nitrogen and oxygen atoms in total. The van der Waals surface area contributed by atoms with E-state index >= 15 is 0 Å². The molecule has 3 N–H and O–H groups in total. The van der Waals surface area contributed by atoms with Gasteiger partial charge in [-0.05, 0) is 31.9 Å². The summed E-state index contributed by atoms with van der Waals surface area (Å²) in [6.07, 6.45) is -0.589. The van der Waals surface area contributed by atoms with Gasteiger partial charge in [-0.25, -0.2) is 9.59 Å². The molecule has 188 valence electrons. The summed E-state index contributed by atoms with van der Waals surface area (Å²) < 4.78 is 5.36. The van der Waals surface area contributed by atoms with E-state index in [1.165, 1.54) is 16.7 Å². The highest BCUT2D eigenvalue weighted by atomic mass is 32.2. The number of hydrogen-bond acceptors (Lipinski definition) is 7. The maximum atomic E-state index is 12.4. The molecule has 1 amide bonds. The Bertz CT molecular complexity index is 1020. The predicted octanol–water partition coefficient (Wildman–Crippen LogP) is 4.60. The maximum Gasteiger partial charge on any atom is 0.412 e. The van der Waals surface area contributed by atoms with Crippen LogP contribution in [-0.4, -0.2) is 62.3 Å². The van der Waals surface area contributed by atoms with Gasteiger partial charge in [0, 0.05) is 11.5 Å². The first-order valence-electron chi connectivity index (χ1n) is 11.1. The Kier molecular flexibility index (Phi) is 9.09. The fourth-order valence-electron chi connectivity index (χ4n) is 3.54. The average molecular weight is 519 g/mol. The molecule has 0 saturated carbocycles. The first kappa shape index (κ1) is 26.9. The molecule has 2 heterocycles. The van der Waals surface area contributed by atoms with Crippen molar-refractivity contribution < 1.29 is 29.3 Å². The van der Waals surface area contributed by atoms with E-state index in [2.05, 4.69) is 5.32 Å². The molecular weight excluding hydrogens is 488 g/mol. The molecule has 4 rings (SSSR count). The van der Waals surface area contributed by atoms with E-state index in [9.17, 15) is 19.5 Å². The Morgan fingerprint density at radius 3 is 1.94 bits per heavy atom. The summed E-state index contributed by atoms with van der Waals surface area (Å²) in [5.74, 6) is -0.786. The Morgan fingerprint density at radius 1 is 0.886 bits per heavy atom.